The molecule has 150 valence electrons. The van der Waals surface area contributed by atoms with Crippen LogP contribution in [0.3, 0.4) is 0 Å². The van der Waals surface area contributed by atoms with E-state index in [-0.39, 0.29) is 12.5 Å². The number of carbonyl (C=O) groups excluding carboxylic acids is 1. The number of rotatable bonds is 8. The summed E-state index contributed by atoms with van der Waals surface area (Å²) in [5.74, 6) is 0.0503. The standard InChI is InChI=1S/C20H28N6O2/c1-3-28-17(27)13-22-12-16(10-21)24-19-23-11-15-6-9-26(18(15)25-19)14-20(2)7-4-5-8-20/h6,9-12H,3-5,7-8,13-14,21H2,1-2H3,(H,23,24,25). The van der Waals surface area contributed by atoms with Crippen molar-refractivity contribution < 1.29 is 9.53 Å². The van der Waals surface area contributed by atoms with Gasteiger partial charge in [-0.3, -0.25) is 9.79 Å². The SMILES string of the molecule is CCOC(=O)CN=CC(=CN)Nc1ncc2ccn(CC3(C)CCCC3)c2n1. The fourth-order valence-electron chi connectivity index (χ4n) is 3.63. The number of hydrogen-bond acceptors (Lipinski definition) is 7. The van der Waals surface area contributed by atoms with Gasteiger partial charge >= 0.3 is 5.97 Å². The van der Waals surface area contributed by atoms with E-state index in [0.717, 1.165) is 17.6 Å². The van der Waals surface area contributed by atoms with Gasteiger partial charge < -0.3 is 20.4 Å². The highest BCUT2D eigenvalue weighted by atomic mass is 16.5. The van der Waals surface area contributed by atoms with Gasteiger partial charge in [-0.25, -0.2) is 4.98 Å². The zero-order valence-corrected chi connectivity index (χ0v) is 16.5. The van der Waals surface area contributed by atoms with Crippen molar-refractivity contribution in [2.45, 2.75) is 46.1 Å². The van der Waals surface area contributed by atoms with Crippen LogP contribution in [0.15, 0.2) is 35.3 Å². The third-order valence-corrected chi connectivity index (χ3v) is 5.06. The molecule has 1 saturated carbocycles. The third kappa shape index (κ3) is 4.88. The Hall–Kier alpha value is -2.90. The molecular weight excluding hydrogens is 356 g/mol. The lowest BCUT2D eigenvalue weighted by molar-refractivity contribution is -0.141. The molecule has 0 unspecified atom stereocenters. The molecule has 8 heteroatoms. The van der Waals surface area contributed by atoms with Crippen molar-refractivity contribution in [2.24, 2.45) is 16.1 Å². The molecule has 2 aromatic heterocycles. The van der Waals surface area contributed by atoms with Crippen LogP contribution in [-0.4, -0.2) is 39.9 Å². The van der Waals surface area contributed by atoms with E-state index < -0.39 is 0 Å². The van der Waals surface area contributed by atoms with Crippen molar-refractivity contribution in [1.82, 2.24) is 14.5 Å². The van der Waals surface area contributed by atoms with E-state index in [1.807, 2.05) is 6.07 Å². The van der Waals surface area contributed by atoms with E-state index in [4.69, 9.17) is 10.5 Å². The molecule has 1 aliphatic carbocycles. The zero-order valence-electron chi connectivity index (χ0n) is 16.5. The normalized spacial score (nSPS) is 16.7. The van der Waals surface area contributed by atoms with Gasteiger partial charge in [-0.2, -0.15) is 4.98 Å². The van der Waals surface area contributed by atoms with Crippen LogP contribution in [0.25, 0.3) is 11.0 Å². The summed E-state index contributed by atoms with van der Waals surface area (Å²) in [7, 11) is 0. The molecule has 0 radical (unpaired) electrons. The summed E-state index contributed by atoms with van der Waals surface area (Å²) in [5.41, 5.74) is 7.38. The van der Waals surface area contributed by atoms with Crippen LogP contribution < -0.4 is 11.1 Å². The van der Waals surface area contributed by atoms with Crippen molar-refractivity contribution in [3.63, 3.8) is 0 Å². The summed E-state index contributed by atoms with van der Waals surface area (Å²) >= 11 is 0. The van der Waals surface area contributed by atoms with Crippen molar-refractivity contribution in [2.75, 3.05) is 18.5 Å². The second-order valence-electron chi connectivity index (χ2n) is 7.46. The molecule has 2 heterocycles. The van der Waals surface area contributed by atoms with Crippen LogP contribution in [0, 0.1) is 5.41 Å². The number of hydrogen-bond donors (Lipinski definition) is 2. The van der Waals surface area contributed by atoms with Crippen LogP contribution in [0.2, 0.25) is 0 Å². The Kier molecular flexibility index (Phi) is 6.28. The van der Waals surface area contributed by atoms with Crippen LogP contribution in [0.4, 0.5) is 5.95 Å². The Bertz CT molecular complexity index is 880. The van der Waals surface area contributed by atoms with E-state index in [9.17, 15) is 4.79 Å². The smallest absolute Gasteiger partial charge is 0.327 e. The number of ether oxygens (including phenoxy) is 1. The van der Waals surface area contributed by atoms with Gasteiger partial charge in [0, 0.05) is 36.7 Å². The fraction of sp³-hybridized carbons (Fsp3) is 0.500. The Labute approximate surface area is 164 Å². The fourth-order valence-corrected chi connectivity index (χ4v) is 3.63. The summed E-state index contributed by atoms with van der Waals surface area (Å²) < 4.78 is 7.04. The first-order chi connectivity index (χ1) is 13.5. The minimum absolute atomic E-state index is 0.0613. The third-order valence-electron chi connectivity index (χ3n) is 5.06. The number of nitrogens with one attached hydrogen (secondary N) is 1. The average Bonchev–Trinajstić information content (AvgIpc) is 3.28. The van der Waals surface area contributed by atoms with Crippen molar-refractivity contribution in [3.05, 3.63) is 30.4 Å². The Morgan fingerprint density at radius 3 is 2.96 bits per heavy atom. The van der Waals surface area contributed by atoms with Crippen molar-refractivity contribution in [3.8, 4) is 0 Å². The van der Waals surface area contributed by atoms with Gasteiger partial charge in [0.15, 0.2) is 0 Å². The highest BCUT2D eigenvalue weighted by Crippen LogP contribution is 2.39. The van der Waals surface area contributed by atoms with Crippen LogP contribution in [0.5, 0.6) is 0 Å². The monoisotopic (exact) mass is 384 g/mol. The quantitative estimate of drug-likeness (QED) is 0.535. The Morgan fingerprint density at radius 2 is 2.25 bits per heavy atom. The van der Waals surface area contributed by atoms with Crippen molar-refractivity contribution in [1.29, 1.82) is 0 Å². The number of aromatic nitrogens is 3. The summed E-state index contributed by atoms with van der Waals surface area (Å²) in [6.45, 7) is 5.33. The predicted octanol–water partition coefficient (Wildman–Crippen LogP) is 2.86. The number of allylic oxidation sites excluding steroid dienone is 1. The Morgan fingerprint density at radius 1 is 1.46 bits per heavy atom. The van der Waals surface area contributed by atoms with E-state index >= 15 is 0 Å². The summed E-state index contributed by atoms with van der Waals surface area (Å²) in [4.78, 5) is 24.4. The van der Waals surface area contributed by atoms with Gasteiger partial charge in [0.2, 0.25) is 5.95 Å². The lowest BCUT2D eigenvalue weighted by Gasteiger charge is -2.24. The second-order valence-corrected chi connectivity index (χ2v) is 7.46. The van der Waals surface area contributed by atoms with Gasteiger partial charge in [0.1, 0.15) is 12.2 Å². The molecule has 1 aliphatic rings. The first-order valence-corrected chi connectivity index (χ1v) is 9.69. The van der Waals surface area contributed by atoms with Crippen LogP contribution in [0.1, 0.15) is 39.5 Å². The molecule has 0 atom stereocenters. The highest BCUT2D eigenvalue weighted by Gasteiger charge is 2.29. The molecule has 3 N–H and O–H groups in total. The number of aliphatic imine (C=N–C) groups is 1. The number of carbonyl (C=O) groups is 1. The first kappa shape index (κ1) is 19.9. The minimum atomic E-state index is -0.383. The van der Waals surface area contributed by atoms with E-state index in [1.54, 1.807) is 13.1 Å². The number of nitrogens with zero attached hydrogens (tertiary/aromatic N) is 4. The first-order valence-electron chi connectivity index (χ1n) is 9.69. The molecule has 0 aliphatic heterocycles. The maximum absolute atomic E-state index is 11.4. The average molecular weight is 384 g/mol. The predicted molar refractivity (Wildman–Crippen MR) is 110 cm³/mol. The van der Waals surface area contributed by atoms with Crippen molar-refractivity contribution >= 4 is 29.2 Å². The van der Waals surface area contributed by atoms with E-state index in [1.165, 1.54) is 38.1 Å². The lowest BCUT2D eigenvalue weighted by atomic mass is 9.89. The molecule has 1 fully saturated rings. The van der Waals surface area contributed by atoms with E-state index in [2.05, 4.69) is 38.0 Å². The van der Waals surface area contributed by atoms with Gasteiger partial charge in [0.05, 0.1) is 12.3 Å². The van der Waals surface area contributed by atoms with Gasteiger partial charge in [-0.05, 0) is 31.2 Å². The molecule has 3 rings (SSSR count). The second kappa shape index (κ2) is 8.86. The molecule has 28 heavy (non-hydrogen) atoms. The van der Waals surface area contributed by atoms with Crippen LogP contribution in [-0.2, 0) is 16.1 Å². The molecule has 0 saturated heterocycles. The number of esters is 1. The maximum atomic E-state index is 11.4. The molecule has 0 amide bonds. The molecule has 2 aromatic rings. The van der Waals surface area contributed by atoms with Gasteiger partial charge in [-0.15, -0.1) is 0 Å². The van der Waals surface area contributed by atoms with E-state index in [0.29, 0.717) is 23.7 Å². The van der Waals surface area contributed by atoms with Gasteiger partial charge in [-0.1, -0.05) is 19.8 Å². The highest BCUT2D eigenvalue weighted by molar-refractivity contribution is 5.85. The molecule has 0 aromatic carbocycles. The zero-order chi connectivity index (χ0) is 20.0. The summed E-state index contributed by atoms with van der Waals surface area (Å²) in [6, 6.07) is 2.04. The molecular formula is C20H28N6O2. The number of anilines is 1. The maximum Gasteiger partial charge on any atom is 0.327 e. The molecule has 0 bridgehead atoms. The van der Waals surface area contributed by atoms with Gasteiger partial charge in [0.25, 0.3) is 0 Å². The molecule has 0 spiro atoms. The topological polar surface area (TPSA) is 107 Å². The summed E-state index contributed by atoms with van der Waals surface area (Å²) in [6.07, 6.45) is 11.8. The Balaban J connectivity index is 1.71. The minimum Gasteiger partial charge on any atom is -0.465 e. The number of nitrogens with two attached hydrogens (primary N) is 1. The largest absolute Gasteiger partial charge is 0.465 e. The summed E-state index contributed by atoms with van der Waals surface area (Å²) in [5, 5.41) is 4.05. The van der Waals surface area contributed by atoms with Crippen LogP contribution >= 0.6 is 0 Å². The molecule has 8 nitrogen and oxygen atoms in total. The number of fused-ring (bicyclic) bond motifs is 1. The lowest BCUT2D eigenvalue weighted by Crippen LogP contribution is -2.19.